The van der Waals surface area contributed by atoms with Crippen molar-refractivity contribution in [2.24, 2.45) is 5.73 Å². The van der Waals surface area contributed by atoms with Crippen molar-refractivity contribution in [1.82, 2.24) is 15.0 Å². The van der Waals surface area contributed by atoms with Crippen LogP contribution in [0.25, 0.3) is 0 Å². The van der Waals surface area contributed by atoms with E-state index in [9.17, 15) is 0 Å². The largest absolute Gasteiger partial charge is 0.381 e. The number of anilines is 1. The molecule has 4 N–H and O–H groups in total. The third kappa shape index (κ3) is 1.39. The van der Waals surface area contributed by atoms with Crippen LogP contribution in [0, 0.1) is 0 Å². The van der Waals surface area contributed by atoms with E-state index in [2.05, 4.69) is 10.2 Å². The Labute approximate surface area is 52.6 Å². The highest BCUT2D eigenvalue weighted by Gasteiger charge is 1.91. The summed E-state index contributed by atoms with van der Waals surface area (Å²) in [6, 6.07) is 0. The van der Waals surface area contributed by atoms with E-state index in [0.29, 0.717) is 18.9 Å². The van der Waals surface area contributed by atoms with Crippen LogP contribution in [0.5, 0.6) is 0 Å². The summed E-state index contributed by atoms with van der Waals surface area (Å²) in [5.41, 5.74) is 10.5. The van der Waals surface area contributed by atoms with Crippen LogP contribution in [0.2, 0.25) is 0 Å². The van der Waals surface area contributed by atoms with Crippen LogP contribution in [-0.4, -0.2) is 21.5 Å². The third-order valence-corrected chi connectivity index (χ3v) is 0.883. The van der Waals surface area contributed by atoms with Gasteiger partial charge >= 0.3 is 0 Å². The maximum Gasteiger partial charge on any atom is 0.165 e. The molecule has 0 radical (unpaired) electrons. The van der Waals surface area contributed by atoms with Crippen molar-refractivity contribution < 1.29 is 0 Å². The van der Waals surface area contributed by atoms with E-state index in [1.807, 2.05) is 0 Å². The van der Waals surface area contributed by atoms with Gasteiger partial charge in [-0.05, 0) is 0 Å². The third-order valence-electron chi connectivity index (χ3n) is 0.883. The van der Waals surface area contributed by atoms with Crippen molar-refractivity contribution in [3.05, 3.63) is 6.20 Å². The normalized spacial score (nSPS) is 9.89. The van der Waals surface area contributed by atoms with Crippen LogP contribution >= 0.6 is 0 Å². The van der Waals surface area contributed by atoms with Gasteiger partial charge in [-0.1, -0.05) is 0 Å². The molecule has 1 aromatic heterocycles. The SMILES string of the molecule is NCCn1ncc(N)n1. The Morgan fingerprint density at radius 3 is 2.89 bits per heavy atom. The lowest BCUT2D eigenvalue weighted by Crippen LogP contribution is -2.12. The molecule has 1 aromatic rings. The second kappa shape index (κ2) is 2.45. The Balaban J connectivity index is 2.61. The summed E-state index contributed by atoms with van der Waals surface area (Å²) in [5, 5.41) is 7.61. The minimum absolute atomic E-state index is 0.434. The molecule has 0 fully saturated rings. The van der Waals surface area contributed by atoms with Gasteiger partial charge in [-0.15, -0.1) is 5.10 Å². The first-order chi connectivity index (χ1) is 4.33. The zero-order valence-electron chi connectivity index (χ0n) is 4.99. The molecular formula is C4H9N5. The van der Waals surface area contributed by atoms with E-state index >= 15 is 0 Å². The second-order valence-electron chi connectivity index (χ2n) is 1.65. The molecule has 0 spiro atoms. The fraction of sp³-hybridized carbons (Fsp3) is 0.500. The van der Waals surface area contributed by atoms with E-state index in [4.69, 9.17) is 11.5 Å². The van der Waals surface area contributed by atoms with E-state index < -0.39 is 0 Å². The minimum Gasteiger partial charge on any atom is -0.381 e. The van der Waals surface area contributed by atoms with E-state index in [0.717, 1.165) is 0 Å². The molecule has 1 heterocycles. The number of hydrogen-bond donors (Lipinski definition) is 2. The highest BCUT2D eigenvalue weighted by atomic mass is 15.5. The quantitative estimate of drug-likeness (QED) is 0.523. The molecule has 9 heavy (non-hydrogen) atoms. The Kier molecular flexibility index (Phi) is 1.64. The highest BCUT2D eigenvalue weighted by molar-refractivity contribution is 5.19. The first-order valence-electron chi connectivity index (χ1n) is 2.68. The summed E-state index contributed by atoms with van der Waals surface area (Å²) in [6.45, 7) is 1.16. The zero-order chi connectivity index (χ0) is 6.69. The number of rotatable bonds is 2. The molecule has 0 aliphatic heterocycles. The molecule has 0 saturated heterocycles. The summed E-state index contributed by atoms with van der Waals surface area (Å²) in [7, 11) is 0. The Morgan fingerprint density at radius 1 is 1.67 bits per heavy atom. The fourth-order valence-electron chi connectivity index (χ4n) is 0.534. The summed E-state index contributed by atoms with van der Waals surface area (Å²) in [6.07, 6.45) is 1.50. The summed E-state index contributed by atoms with van der Waals surface area (Å²) in [5.74, 6) is 0.434. The van der Waals surface area contributed by atoms with Crippen molar-refractivity contribution in [3.63, 3.8) is 0 Å². The van der Waals surface area contributed by atoms with Gasteiger partial charge in [0.2, 0.25) is 0 Å². The van der Waals surface area contributed by atoms with Crippen molar-refractivity contribution in [3.8, 4) is 0 Å². The molecule has 0 unspecified atom stereocenters. The van der Waals surface area contributed by atoms with Crippen LogP contribution in [0.4, 0.5) is 5.82 Å². The molecule has 5 heteroatoms. The molecule has 0 aliphatic carbocycles. The van der Waals surface area contributed by atoms with Gasteiger partial charge < -0.3 is 11.5 Å². The van der Waals surface area contributed by atoms with E-state index in [-0.39, 0.29) is 0 Å². The number of nitrogens with zero attached hydrogens (tertiary/aromatic N) is 3. The number of aromatic nitrogens is 3. The lowest BCUT2D eigenvalue weighted by molar-refractivity contribution is 0.547. The molecule has 0 bridgehead atoms. The molecular weight excluding hydrogens is 118 g/mol. The van der Waals surface area contributed by atoms with Crippen LogP contribution < -0.4 is 11.5 Å². The lowest BCUT2D eigenvalue weighted by Gasteiger charge is -1.91. The highest BCUT2D eigenvalue weighted by Crippen LogP contribution is 1.88. The fourth-order valence-corrected chi connectivity index (χ4v) is 0.534. The minimum atomic E-state index is 0.434. The maximum absolute atomic E-state index is 5.27. The van der Waals surface area contributed by atoms with Crippen LogP contribution in [-0.2, 0) is 6.54 Å². The van der Waals surface area contributed by atoms with Crippen LogP contribution in [0.3, 0.4) is 0 Å². The van der Waals surface area contributed by atoms with Gasteiger partial charge in [-0.25, -0.2) is 0 Å². The van der Waals surface area contributed by atoms with Crippen molar-refractivity contribution in [2.75, 3.05) is 12.3 Å². The predicted molar refractivity (Wildman–Crippen MR) is 33.5 cm³/mol. The molecule has 0 aliphatic rings. The second-order valence-corrected chi connectivity index (χ2v) is 1.65. The predicted octanol–water partition coefficient (Wildman–Crippen LogP) is -1.18. The van der Waals surface area contributed by atoms with E-state index in [1.54, 1.807) is 0 Å². The molecule has 5 nitrogen and oxygen atoms in total. The van der Waals surface area contributed by atoms with Crippen LogP contribution in [0.1, 0.15) is 0 Å². The Bertz CT molecular complexity index is 181. The monoisotopic (exact) mass is 127 g/mol. The van der Waals surface area contributed by atoms with Crippen molar-refractivity contribution in [1.29, 1.82) is 0 Å². The van der Waals surface area contributed by atoms with Gasteiger partial charge in [-0.3, -0.25) is 0 Å². The van der Waals surface area contributed by atoms with Crippen LogP contribution in [0.15, 0.2) is 6.20 Å². The molecule has 0 amide bonds. The topological polar surface area (TPSA) is 82.8 Å². The summed E-state index contributed by atoms with van der Waals surface area (Å²) < 4.78 is 0. The average molecular weight is 127 g/mol. The molecule has 0 aromatic carbocycles. The Morgan fingerprint density at radius 2 is 2.44 bits per heavy atom. The number of nitrogen functional groups attached to an aromatic ring is 1. The number of hydrogen-bond acceptors (Lipinski definition) is 4. The van der Waals surface area contributed by atoms with Gasteiger partial charge in [0.15, 0.2) is 5.82 Å². The Hall–Kier alpha value is -1.10. The molecule has 0 atom stereocenters. The number of nitrogens with two attached hydrogens (primary N) is 2. The molecule has 50 valence electrons. The smallest absolute Gasteiger partial charge is 0.165 e. The first-order valence-corrected chi connectivity index (χ1v) is 2.68. The zero-order valence-corrected chi connectivity index (χ0v) is 4.99. The van der Waals surface area contributed by atoms with Gasteiger partial charge in [0.25, 0.3) is 0 Å². The van der Waals surface area contributed by atoms with Gasteiger partial charge in [0, 0.05) is 6.54 Å². The van der Waals surface area contributed by atoms with E-state index in [1.165, 1.54) is 11.0 Å². The summed E-state index contributed by atoms with van der Waals surface area (Å²) >= 11 is 0. The first kappa shape index (κ1) is 6.03. The summed E-state index contributed by atoms with van der Waals surface area (Å²) in [4.78, 5) is 1.47. The average Bonchev–Trinajstić information content (AvgIpc) is 2.17. The van der Waals surface area contributed by atoms with Gasteiger partial charge in [0.1, 0.15) is 0 Å². The van der Waals surface area contributed by atoms with Gasteiger partial charge in [-0.2, -0.15) is 9.90 Å². The molecule has 1 rings (SSSR count). The van der Waals surface area contributed by atoms with Crippen molar-refractivity contribution >= 4 is 5.82 Å². The standard InChI is InChI=1S/C4H9N5/c5-1-2-9-7-3-4(6)8-9/h3H,1-2,5H2,(H2,6,8). The maximum atomic E-state index is 5.27. The van der Waals surface area contributed by atoms with Gasteiger partial charge in [0.05, 0.1) is 12.7 Å². The van der Waals surface area contributed by atoms with Crippen molar-refractivity contribution in [2.45, 2.75) is 6.54 Å². The lowest BCUT2D eigenvalue weighted by atomic mass is 10.7. The molecule has 0 saturated carbocycles.